The fourth-order valence-electron chi connectivity index (χ4n) is 2.15. The van der Waals surface area contributed by atoms with Crippen molar-refractivity contribution in [3.63, 3.8) is 0 Å². The van der Waals surface area contributed by atoms with Crippen molar-refractivity contribution in [1.29, 1.82) is 0 Å². The molecule has 0 heterocycles. The number of halogens is 1. The first-order chi connectivity index (χ1) is 10.1. The highest BCUT2D eigenvalue weighted by atomic mass is 35.5. The largest absolute Gasteiger partial charge is 0.462 e. The molecule has 110 valence electrons. The van der Waals surface area contributed by atoms with Crippen LogP contribution in [0.3, 0.4) is 0 Å². The number of esters is 2. The molecule has 2 aliphatic carbocycles. The van der Waals surface area contributed by atoms with Crippen LogP contribution in [0.1, 0.15) is 34.6 Å². The fraction of sp³-hybridized carbons (Fsp3) is 0.250. The van der Waals surface area contributed by atoms with Gasteiger partial charge in [0, 0.05) is 5.56 Å². The Hall–Kier alpha value is -2.07. The molecule has 0 saturated heterocycles. The van der Waals surface area contributed by atoms with Gasteiger partial charge in [-0.1, -0.05) is 41.9 Å². The van der Waals surface area contributed by atoms with E-state index in [1.165, 1.54) is 0 Å². The molecule has 0 N–H and O–H groups in total. The third-order valence-electron chi connectivity index (χ3n) is 2.97. The van der Waals surface area contributed by atoms with E-state index in [2.05, 4.69) is 0 Å². The lowest BCUT2D eigenvalue weighted by Crippen LogP contribution is -2.12. The maximum atomic E-state index is 12.2. The highest BCUT2D eigenvalue weighted by Gasteiger charge is 2.31. The summed E-state index contributed by atoms with van der Waals surface area (Å²) in [6.07, 6.45) is 0. The minimum atomic E-state index is -0.621. The van der Waals surface area contributed by atoms with E-state index in [0.29, 0.717) is 11.1 Å². The standard InChI is InChI=1S/C16H15ClO4/c1-3-20-15(18)12-10-8-6-5-7-9-11(10)14(17)13(12)16(19)21-4-2/h5-9H,3-4H2,1-2H3. The second kappa shape index (κ2) is 6.59. The van der Waals surface area contributed by atoms with Crippen LogP contribution >= 0.6 is 11.6 Å². The van der Waals surface area contributed by atoms with Crippen molar-refractivity contribution in [1.82, 2.24) is 0 Å². The van der Waals surface area contributed by atoms with Gasteiger partial charge in [-0.05, 0) is 19.4 Å². The van der Waals surface area contributed by atoms with Gasteiger partial charge in [0.25, 0.3) is 0 Å². The van der Waals surface area contributed by atoms with Crippen LogP contribution in [-0.4, -0.2) is 25.2 Å². The Kier molecular flexibility index (Phi) is 4.81. The minimum Gasteiger partial charge on any atom is -0.462 e. The normalized spacial score (nSPS) is 10.4. The van der Waals surface area contributed by atoms with Crippen LogP contribution in [0.25, 0.3) is 11.1 Å². The lowest BCUT2D eigenvalue weighted by molar-refractivity contribution is 0.0481. The SMILES string of the molecule is CCOC(=O)c1c2cccccc-2c(Cl)c1C(=O)OCC. The maximum absolute atomic E-state index is 12.2. The van der Waals surface area contributed by atoms with E-state index in [1.807, 2.05) is 6.07 Å². The quantitative estimate of drug-likeness (QED) is 0.806. The maximum Gasteiger partial charge on any atom is 0.340 e. The summed E-state index contributed by atoms with van der Waals surface area (Å²) in [4.78, 5) is 24.3. The zero-order valence-electron chi connectivity index (χ0n) is 11.8. The lowest BCUT2D eigenvalue weighted by atomic mass is 10.1. The summed E-state index contributed by atoms with van der Waals surface area (Å²) in [5, 5.41) is 0.211. The van der Waals surface area contributed by atoms with Gasteiger partial charge in [0.2, 0.25) is 0 Å². The Balaban J connectivity index is 2.71. The van der Waals surface area contributed by atoms with Crippen molar-refractivity contribution in [3.05, 3.63) is 46.5 Å². The zero-order chi connectivity index (χ0) is 15.4. The van der Waals surface area contributed by atoms with E-state index < -0.39 is 11.9 Å². The van der Waals surface area contributed by atoms with Gasteiger partial charge in [0.15, 0.2) is 0 Å². The molecule has 0 bridgehead atoms. The van der Waals surface area contributed by atoms with E-state index in [1.54, 1.807) is 38.1 Å². The predicted octanol–water partition coefficient (Wildman–Crippen LogP) is 3.80. The van der Waals surface area contributed by atoms with Gasteiger partial charge in [-0.2, -0.15) is 0 Å². The number of ether oxygens (including phenoxy) is 2. The van der Waals surface area contributed by atoms with E-state index in [-0.39, 0.29) is 29.4 Å². The molecule has 0 spiro atoms. The number of hydrogen-bond acceptors (Lipinski definition) is 4. The van der Waals surface area contributed by atoms with Crippen LogP contribution in [0.4, 0.5) is 0 Å². The summed E-state index contributed by atoms with van der Waals surface area (Å²) in [6.45, 7) is 3.81. The van der Waals surface area contributed by atoms with Crippen LogP contribution in [0.15, 0.2) is 30.3 Å². The van der Waals surface area contributed by atoms with Crippen molar-refractivity contribution in [2.24, 2.45) is 0 Å². The molecule has 0 unspecified atom stereocenters. The van der Waals surface area contributed by atoms with Crippen molar-refractivity contribution in [2.45, 2.75) is 13.8 Å². The van der Waals surface area contributed by atoms with Gasteiger partial charge in [0.05, 0.1) is 29.4 Å². The van der Waals surface area contributed by atoms with Crippen molar-refractivity contribution >= 4 is 23.5 Å². The van der Waals surface area contributed by atoms with E-state index in [9.17, 15) is 9.59 Å². The molecule has 2 aliphatic rings. The van der Waals surface area contributed by atoms with Gasteiger partial charge in [-0.25, -0.2) is 9.59 Å². The molecule has 5 heteroatoms. The number of hydrogen-bond donors (Lipinski definition) is 0. The highest BCUT2D eigenvalue weighted by molar-refractivity contribution is 6.39. The Morgan fingerprint density at radius 1 is 0.905 bits per heavy atom. The Morgan fingerprint density at radius 3 is 2.00 bits per heavy atom. The number of carbonyl (C=O) groups is 2. The summed E-state index contributed by atoms with van der Waals surface area (Å²) in [5.74, 6) is -1.20. The second-order valence-corrected chi connectivity index (χ2v) is 4.62. The van der Waals surface area contributed by atoms with Crippen LogP contribution < -0.4 is 0 Å². The topological polar surface area (TPSA) is 52.6 Å². The summed E-state index contributed by atoms with van der Waals surface area (Å²) >= 11 is 6.29. The lowest BCUT2D eigenvalue weighted by Gasteiger charge is -2.05. The number of fused-ring (bicyclic) bond motifs is 1. The predicted molar refractivity (Wildman–Crippen MR) is 80.0 cm³/mol. The van der Waals surface area contributed by atoms with Crippen molar-refractivity contribution < 1.29 is 19.1 Å². The minimum absolute atomic E-state index is 0.0677. The molecule has 0 saturated carbocycles. The van der Waals surface area contributed by atoms with Crippen LogP contribution in [0.5, 0.6) is 0 Å². The third kappa shape index (κ3) is 2.85. The summed E-state index contributed by atoms with van der Waals surface area (Å²) in [5.41, 5.74) is 1.42. The fourth-order valence-corrected chi connectivity index (χ4v) is 2.48. The molecule has 21 heavy (non-hydrogen) atoms. The average molecular weight is 307 g/mol. The second-order valence-electron chi connectivity index (χ2n) is 4.24. The van der Waals surface area contributed by atoms with Gasteiger partial charge < -0.3 is 9.47 Å². The molecule has 0 aromatic carbocycles. The van der Waals surface area contributed by atoms with Crippen LogP contribution in [-0.2, 0) is 9.47 Å². The first-order valence-electron chi connectivity index (χ1n) is 6.66. The van der Waals surface area contributed by atoms with E-state index >= 15 is 0 Å². The average Bonchev–Trinajstić information content (AvgIpc) is 2.62. The Labute approximate surface area is 128 Å². The van der Waals surface area contributed by atoms with Gasteiger partial charge >= 0.3 is 11.9 Å². The summed E-state index contributed by atoms with van der Waals surface area (Å²) in [6, 6.07) is 8.86. The van der Waals surface area contributed by atoms with Gasteiger partial charge in [0.1, 0.15) is 0 Å². The molecular formula is C16H15ClO4. The third-order valence-corrected chi connectivity index (χ3v) is 3.37. The molecule has 0 aromatic rings. The zero-order valence-corrected chi connectivity index (χ0v) is 12.6. The number of rotatable bonds is 4. The molecular weight excluding hydrogens is 292 g/mol. The monoisotopic (exact) mass is 306 g/mol. The highest BCUT2D eigenvalue weighted by Crippen LogP contribution is 2.40. The van der Waals surface area contributed by atoms with Crippen LogP contribution in [0.2, 0.25) is 5.02 Å². The summed E-state index contributed by atoms with van der Waals surface area (Å²) < 4.78 is 10.0. The Bertz CT molecular complexity index is 651. The molecule has 4 nitrogen and oxygen atoms in total. The molecule has 2 rings (SSSR count). The first kappa shape index (κ1) is 15.3. The molecule has 0 aliphatic heterocycles. The molecule has 0 aromatic heterocycles. The van der Waals surface area contributed by atoms with E-state index in [4.69, 9.17) is 21.1 Å². The molecule has 0 amide bonds. The van der Waals surface area contributed by atoms with Crippen molar-refractivity contribution in [2.75, 3.05) is 13.2 Å². The van der Waals surface area contributed by atoms with E-state index in [0.717, 1.165) is 0 Å². The summed E-state index contributed by atoms with van der Waals surface area (Å²) in [7, 11) is 0. The van der Waals surface area contributed by atoms with Gasteiger partial charge in [-0.3, -0.25) is 0 Å². The molecule has 0 atom stereocenters. The number of carbonyl (C=O) groups excluding carboxylic acids is 2. The molecule has 0 radical (unpaired) electrons. The Morgan fingerprint density at radius 2 is 1.43 bits per heavy atom. The van der Waals surface area contributed by atoms with Gasteiger partial charge in [-0.15, -0.1) is 0 Å². The van der Waals surface area contributed by atoms with Crippen molar-refractivity contribution in [3.8, 4) is 11.1 Å². The molecule has 0 fully saturated rings. The first-order valence-corrected chi connectivity index (χ1v) is 7.04. The van der Waals surface area contributed by atoms with Crippen LogP contribution in [0, 0.1) is 0 Å². The smallest absolute Gasteiger partial charge is 0.340 e.